The normalized spacial score (nSPS) is 12.7. The Kier molecular flexibility index (Phi) is 7.73. The number of hydrogen-bond acceptors (Lipinski definition) is 6. The molecule has 11 heteroatoms. The standard InChI is InChI=1S/C25H22Cl2N2O6S/c1-34-23-9-8-19(36(32,33)29-11-10-16-4-2-3-5-22(16)29)13-20(23)25(31)35-15-24(30)28-14-17-6-7-18(26)12-21(17)27/h2-9,12-13H,10-11,14-15H2,1H3,(H,28,30). The predicted octanol–water partition coefficient (Wildman–Crippen LogP) is 4.23. The van der Waals surface area contributed by atoms with Crippen LogP contribution < -0.4 is 14.4 Å². The summed E-state index contributed by atoms with van der Waals surface area (Å²) in [6, 6.07) is 16.1. The van der Waals surface area contributed by atoms with Crippen LogP contribution in [-0.2, 0) is 32.5 Å². The number of para-hydroxylation sites is 1. The molecule has 0 unspecified atom stereocenters. The third kappa shape index (κ3) is 5.43. The number of sulfonamides is 1. The summed E-state index contributed by atoms with van der Waals surface area (Å²) < 4.78 is 38.4. The largest absolute Gasteiger partial charge is 0.496 e. The molecule has 0 saturated carbocycles. The third-order valence-corrected chi connectivity index (χ3v) is 8.05. The number of hydrogen-bond donors (Lipinski definition) is 1. The van der Waals surface area contributed by atoms with Gasteiger partial charge in [0, 0.05) is 23.1 Å². The average molecular weight is 549 g/mol. The van der Waals surface area contributed by atoms with Crippen LogP contribution in [0.25, 0.3) is 0 Å². The van der Waals surface area contributed by atoms with Gasteiger partial charge in [0.15, 0.2) is 6.61 Å². The fraction of sp³-hybridized carbons (Fsp3) is 0.200. The Morgan fingerprint density at radius 3 is 2.58 bits per heavy atom. The van der Waals surface area contributed by atoms with Crippen LogP contribution in [0.15, 0.2) is 65.6 Å². The van der Waals surface area contributed by atoms with Crippen molar-refractivity contribution in [3.8, 4) is 5.75 Å². The second kappa shape index (κ2) is 10.8. The molecule has 0 aliphatic carbocycles. The number of rotatable bonds is 8. The summed E-state index contributed by atoms with van der Waals surface area (Å²) in [6.45, 7) is -0.171. The quantitative estimate of drug-likeness (QED) is 0.422. The molecule has 36 heavy (non-hydrogen) atoms. The van der Waals surface area contributed by atoms with Crippen molar-refractivity contribution in [2.24, 2.45) is 0 Å². The molecular formula is C25H22Cl2N2O6S. The molecule has 1 aliphatic rings. The summed E-state index contributed by atoms with van der Waals surface area (Å²) in [7, 11) is -2.60. The number of nitrogens with one attached hydrogen (secondary N) is 1. The van der Waals surface area contributed by atoms with Crippen LogP contribution in [0.5, 0.6) is 5.75 Å². The molecule has 4 rings (SSSR count). The zero-order chi connectivity index (χ0) is 25.9. The summed E-state index contributed by atoms with van der Waals surface area (Å²) in [4.78, 5) is 24.9. The minimum absolute atomic E-state index is 0.0891. The lowest BCUT2D eigenvalue weighted by Crippen LogP contribution is -2.30. The predicted molar refractivity (Wildman–Crippen MR) is 136 cm³/mol. The molecule has 1 aliphatic heterocycles. The monoisotopic (exact) mass is 548 g/mol. The van der Waals surface area contributed by atoms with Gasteiger partial charge in [0.1, 0.15) is 11.3 Å². The SMILES string of the molecule is COc1ccc(S(=O)(=O)N2CCc3ccccc32)cc1C(=O)OCC(=O)NCc1ccc(Cl)cc1Cl. The van der Waals surface area contributed by atoms with E-state index >= 15 is 0 Å². The van der Waals surface area contributed by atoms with Crippen molar-refractivity contribution in [1.29, 1.82) is 0 Å². The van der Waals surface area contributed by atoms with Gasteiger partial charge in [0.05, 0.1) is 17.7 Å². The number of carbonyl (C=O) groups excluding carboxylic acids is 2. The van der Waals surface area contributed by atoms with E-state index in [1.807, 2.05) is 12.1 Å². The number of methoxy groups -OCH3 is 1. The topological polar surface area (TPSA) is 102 Å². The Bertz CT molecular complexity index is 1430. The summed E-state index contributed by atoms with van der Waals surface area (Å²) in [6.07, 6.45) is 0.594. The van der Waals surface area contributed by atoms with Gasteiger partial charge >= 0.3 is 5.97 Å². The van der Waals surface area contributed by atoms with E-state index in [1.54, 1.807) is 30.3 Å². The fourth-order valence-electron chi connectivity index (χ4n) is 3.81. The lowest BCUT2D eigenvalue weighted by Gasteiger charge is -2.20. The summed E-state index contributed by atoms with van der Waals surface area (Å²) in [5.41, 5.74) is 2.07. The lowest BCUT2D eigenvalue weighted by molar-refractivity contribution is -0.124. The first-order valence-electron chi connectivity index (χ1n) is 10.9. The van der Waals surface area contributed by atoms with Gasteiger partial charge < -0.3 is 14.8 Å². The van der Waals surface area contributed by atoms with Gasteiger partial charge in [-0.05, 0) is 53.9 Å². The van der Waals surface area contributed by atoms with Gasteiger partial charge in [-0.2, -0.15) is 0 Å². The second-order valence-corrected chi connectivity index (χ2v) is 10.6. The molecule has 0 radical (unpaired) electrons. The molecule has 0 atom stereocenters. The molecule has 8 nitrogen and oxygen atoms in total. The Morgan fingerprint density at radius 1 is 1.06 bits per heavy atom. The molecule has 0 fully saturated rings. The van der Waals surface area contributed by atoms with Gasteiger partial charge in [-0.15, -0.1) is 0 Å². The van der Waals surface area contributed by atoms with Gasteiger partial charge in [-0.25, -0.2) is 13.2 Å². The van der Waals surface area contributed by atoms with Crippen LogP contribution in [0.3, 0.4) is 0 Å². The Labute approximate surface area is 218 Å². The number of anilines is 1. The molecular weight excluding hydrogens is 527 g/mol. The van der Waals surface area contributed by atoms with Crippen LogP contribution in [0.2, 0.25) is 10.0 Å². The minimum atomic E-state index is -3.94. The number of nitrogens with zero attached hydrogens (tertiary/aromatic N) is 1. The highest BCUT2D eigenvalue weighted by molar-refractivity contribution is 7.92. The maximum Gasteiger partial charge on any atom is 0.342 e. The number of halogens is 2. The summed E-state index contributed by atoms with van der Waals surface area (Å²) in [5.74, 6) is -1.34. The summed E-state index contributed by atoms with van der Waals surface area (Å²) >= 11 is 12.0. The number of carbonyl (C=O) groups is 2. The molecule has 0 saturated heterocycles. The van der Waals surface area contributed by atoms with E-state index in [-0.39, 0.29) is 22.8 Å². The van der Waals surface area contributed by atoms with E-state index in [1.165, 1.54) is 29.6 Å². The smallest absolute Gasteiger partial charge is 0.342 e. The van der Waals surface area contributed by atoms with Crippen molar-refractivity contribution in [3.05, 3.63) is 87.4 Å². The van der Waals surface area contributed by atoms with E-state index in [4.69, 9.17) is 32.7 Å². The zero-order valence-corrected chi connectivity index (χ0v) is 21.5. The molecule has 0 bridgehead atoms. The van der Waals surface area contributed by atoms with Crippen molar-refractivity contribution in [2.75, 3.05) is 24.6 Å². The first-order valence-corrected chi connectivity index (χ1v) is 13.1. The van der Waals surface area contributed by atoms with Crippen molar-refractivity contribution in [2.45, 2.75) is 17.9 Å². The van der Waals surface area contributed by atoms with Crippen molar-refractivity contribution in [3.63, 3.8) is 0 Å². The van der Waals surface area contributed by atoms with E-state index in [0.717, 1.165) is 5.56 Å². The number of amides is 1. The molecule has 3 aromatic carbocycles. The van der Waals surface area contributed by atoms with Crippen molar-refractivity contribution >= 4 is 50.8 Å². The fourth-order valence-corrected chi connectivity index (χ4v) is 5.82. The van der Waals surface area contributed by atoms with Crippen molar-refractivity contribution in [1.82, 2.24) is 5.32 Å². The van der Waals surface area contributed by atoms with E-state index in [9.17, 15) is 18.0 Å². The maximum absolute atomic E-state index is 13.4. The molecule has 0 aromatic heterocycles. The van der Waals surface area contributed by atoms with Crippen LogP contribution in [-0.4, -0.2) is 40.6 Å². The van der Waals surface area contributed by atoms with Gasteiger partial charge in [0.2, 0.25) is 0 Å². The second-order valence-electron chi connectivity index (χ2n) is 7.91. The van der Waals surface area contributed by atoms with Crippen LogP contribution in [0.4, 0.5) is 5.69 Å². The Balaban J connectivity index is 1.46. The minimum Gasteiger partial charge on any atom is -0.496 e. The van der Waals surface area contributed by atoms with Crippen LogP contribution in [0, 0.1) is 0 Å². The lowest BCUT2D eigenvalue weighted by atomic mass is 10.2. The highest BCUT2D eigenvalue weighted by Gasteiger charge is 2.32. The van der Waals surface area contributed by atoms with E-state index in [0.29, 0.717) is 34.3 Å². The van der Waals surface area contributed by atoms with Crippen molar-refractivity contribution < 1.29 is 27.5 Å². The Morgan fingerprint density at radius 2 is 1.83 bits per heavy atom. The first kappa shape index (κ1) is 25.8. The van der Waals surface area contributed by atoms with Crippen LogP contribution >= 0.6 is 23.2 Å². The summed E-state index contributed by atoms with van der Waals surface area (Å²) in [5, 5.41) is 3.46. The Hall–Kier alpha value is -3.27. The maximum atomic E-state index is 13.4. The molecule has 0 spiro atoms. The van der Waals surface area contributed by atoms with Crippen LogP contribution in [0.1, 0.15) is 21.5 Å². The first-order chi connectivity index (χ1) is 17.2. The average Bonchev–Trinajstić information content (AvgIpc) is 3.31. The number of esters is 1. The molecule has 1 amide bonds. The highest BCUT2D eigenvalue weighted by atomic mass is 35.5. The van der Waals surface area contributed by atoms with Gasteiger partial charge in [-0.1, -0.05) is 47.5 Å². The number of benzene rings is 3. The molecule has 1 heterocycles. The third-order valence-electron chi connectivity index (χ3n) is 5.65. The number of fused-ring (bicyclic) bond motifs is 1. The zero-order valence-electron chi connectivity index (χ0n) is 19.2. The highest BCUT2D eigenvalue weighted by Crippen LogP contribution is 2.34. The molecule has 188 valence electrons. The van der Waals surface area contributed by atoms with E-state index < -0.39 is 28.5 Å². The number of ether oxygens (including phenoxy) is 2. The van der Waals surface area contributed by atoms with E-state index in [2.05, 4.69) is 5.32 Å². The van der Waals surface area contributed by atoms with Gasteiger partial charge in [-0.3, -0.25) is 9.10 Å². The molecule has 3 aromatic rings. The van der Waals surface area contributed by atoms with Gasteiger partial charge in [0.25, 0.3) is 15.9 Å². The molecule has 1 N–H and O–H groups in total.